The Morgan fingerprint density at radius 3 is 2.48 bits per heavy atom. The van der Waals surface area contributed by atoms with E-state index in [0.717, 1.165) is 16.8 Å². The van der Waals surface area contributed by atoms with Crippen LogP contribution >= 0.6 is 27.3 Å². The molecule has 2 atom stereocenters. The smallest absolute Gasteiger partial charge is 0.118 e. The molecule has 0 aliphatic carbocycles. The van der Waals surface area contributed by atoms with E-state index in [1.165, 1.54) is 10.4 Å². The summed E-state index contributed by atoms with van der Waals surface area (Å²) in [5, 5.41) is 2.11. The first-order valence-electron chi connectivity index (χ1n) is 6.84. The molecule has 0 aliphatic rings. The summed E-state index contributed by atoms with van der Waals surface area (Å²) in [6, 6.07) is 10.5. The largest absolute Gasteiger partial charge is 0.497 e. The van der Waals surface area contributed by atoms with Gasteiger partial charge in [0.05, 0.1) is 7.11 Å². The molecule has 1 aromatic heterocycles. The van der Waals surface area contributed by atoms with Crippen molar-refractivity contribution < 1.29 is 4.74 Å². The predicted molar refractivity (Wildman–Crippen MR) is 92.9 cm³/mol. The molecule has 114 valence electrons. The summed E-state index contributed by atoms with van der Waals surface area (Å²) >= 11 is 5.26. The molecule has 2 unspecified atom stereocenters. The van der Waals surface area contributed by atoms with Crippen LogP contribution in [-0.4, -0.2) is 25.1 Å². The SMILES string of the molecule is COc1ccc(C(C(C)N)N(C)Cc2cc(Br)cs2)cc1. The zero-order valence-corrected chi connectivity index (χ0v) is 14.9. The highest BCUT2D eigenvalue weighted by atomic mass is 79.9. The van der Waals surface area contributed by atoms with Gasteiger partial charge in [-0.3, -0.25) is 4.90 Å². The summed E-state index contributed by atoms with van der Waals surface area (Å²) in [7, 11) is 3.80. The third-order valence-electron chi connectivity index (χ3n) is 3.46. The first-order chi connectivity index (χ1) is 10.0. The Morgan fingerprint density at radius 1 is 1.33 bits per heavy atom. The van der Waals surface area contributed by atoms with Gasteiger partial charge in [0.2, 0.25) is 0 Å². The number of halogens is 1. The maximum absolute atomic E-state index is 6.22. The standard InChI is InChI=1S/C16H21BrN2OS/c1-11(18)16(12-4-6-14(20-3)7-5-12)19(2)9-15-8-13(17)10-21-15/h4-8,10-11,16H,9,18H2,1-3H3. The molecule has 0 aliphatic heterocycles. The zero-order chi connectivity index (χ0) is 15.4. The van der Waals surface area contributed by atoms with E-state index in [9.17, 15) is 0 Å². The number of nitrogens with two attached hydrogens (primary N) is 1. The summed E-state index contributed by atoms with van der Waals surface area (Å²) in [6.45, 7) is 2.93. The minimum absolute atomic E-state index is 0.0480. The highest BCUT2D eigenvalue weighted by molar-refractivity contribution is 9.10. The van der Waals surface area contributed by atoms with Crippen LogP contribution in [0.5, 0.6) is 5.75 Å². The Morgan fingerprint density at radius 2 is 2.00 bits per heavy atom. The first kappa shape index (κ1) is 16.5. The number of rotatable bonds is 6. The number of methoxy groups -OCH3 is 1. The molecule has 0 amide bonds. The average molecular weight is 369 g/mol. The van der Waals surface area contributed by atoms with Gasteiger partial charge in [-0.2, -0.15) is 0 Å². The molecule has 0 fully saturated rings. The van der Waals surface area contributed by atoms with Crippen LogP contribution < -0.4 is 10.5 Å². The van der Waals surface area contributed by atoms with E-state index in [4.69, 9.17) is 10.5 Å². The molecule has 1 heterocycles. The molecule has 0 radical (unpaired) electrons. The summed E-state index contributed by atoms with van der Waals surface area (Å²) in [6.07, 6.45) is 0. The van der Waals surface area contributed by atoms with E-state index in [1.54, 1.807) is 18.4 Å². The van der Waals surface area contributed by atoms with E-state index in [2.05, 4.69) is 58.4 Å². The topological polar surface area (TPSA) is 38.5 Å². The molecular weight excluding hydrogens is 348 g/mol. The van der Waals surface area contributed by atoms with Crippen molar-refractivity contribution >= 4 is 27.3 Å². The Labute approximate surface area is 138 Å². The molecule has 0 spiro atoms. The maximum Gasteiger partial charge on any atom is 0.118 e. The fraction of sp³-hybridized carbons (Fsp3) is 0.375. The summed E-state index contributed by atoms with van der Waals surface area (Å²) in [5.41, 5.74) is 7.43. The molecule has 21 heavy (non-hydrogen) atoms. The zero-order valence-electron chi connectivity index (χ0n) is 12.5. The lowest BCUT2D eigenvalue weighted by atomic mass is 9.99. The molecule has 2 aromatic rings. The molecule has 1 aromatic carbocycles. The highest BCUT2D eigenvalue weighted by Crippen LogP contribution is 2.28. The van der Waals surface area contributed by atoms with Crippen LogP contribution in [0.15, 0.2) is 40.2 Å². The third-order valence-corrected chi connectivity index (χ3v) is 5.14. The van der Waals surface area contributed by atoms with Gasteiger partial charge in [-0.1, -0.05) is 12.1 Å². The van der Waals surface area contributed by atoms with Gasteiger partial charge >= 0.3 is 0 Å². The van der Waals surface area contributed by atoms with E-state index >= 15 is 0 Å². The van der Waals surface area contributed by atoms with Crippen molar-refractivity contribution in [2.75, 3.05) is 14.2 Å². The van der Waals surface area contributed by atoms with Gasteiger partial charge in [0.25, 0.3) is 0 Å². The lowest BCUT2D eigenvalue weighted by Crippen LogP contribution is -2.36. The van der Waals surface area contributed by atoms with E-state index < -0.39 is 0 Å². The van der Waals surface area contributed by atoms with Crippen molar-refractivity contribution in [3.8, 4) is 5.75 Å². The number of ether oxygens (including phenoxy) is 1. The van der Waals surface area contributed by atoms with Crippen molar-refractivity contribution in [1.82, 2.24) is 4.90 Å². The van der Waals surface area contributed by atoms with Crippen molar-refractivity contribution in [2.24, 2.45) is 5.73 Å². The van der Waals surface area contributed by atoms with Crippen LogP contribution in [0.2, 0.25) is 0 Å². The van der Waals surface area contributed by atoms with Gasteiger partial charge in [0, 0.05) is 33.4 Å². The third kappa shape index (κ3) is 4.30. The van der Waals surface area contributed by atoms with Crippen LogP contribution in [-0.2, 0) is 6.54 Å². The Kier molecular flexibility index (Phi) is 5.81. The molecule has 0 bridgehead atoms. The maximum atomic E-state index is 6.22. The van der Waals surface area contributed by atoms with Crippen molar-refractivity contribution in [3.05, 3.63) is 50.6 Å². The molecular formula is C16H21BrN2OS. The normalized spacial score (nSPS) is 14.2. The van der Waals surface area contributed by atoms with E-state index in [0.29, 0.717) is 0 Å². The van der Waals surface area contributed by atoms with Crippen LogP contribution in [0, 0.1) is 0 Å². The summed E-state index contributed by atoms with van der Waals surface area (Å²) in [5.74, 6) is 0.868. The Hall–Kier alpha value is -0.880. The molecule has 0 saturated carbocycles. The van der Waals surface area contributed by atoms with Crippen LogP contribution in [0.4, 0.5) is 0 Å². The van der Waals surface area contributed by atoms with Crippen LogP contribution in [0.25, 0.3) is 0 Å². The molecule has 5 heteroatoms. The van der Waals surface area contributed by atoms with Crippen LogP contribution in [0.1, 0.15) is 23.4 Å². The summed E-state index contributed by atoms with van der Waals surface area (Å²) < 4.78 is 6.36. The monoisotopic (exact) mass is 368 g/mol. The lowest BCUT2D eigenvalue weighted by molar-refractivity contribution is 0.212. The summed E-state index contributed by atoms with van der Waals surface area (Å²) in [4.78, 5) is 3.62. The fourth-order valence-electron chi connectivity index (χ4n) is 2.54. The second-order valence-corrected chi connectivity index (χ2v) is 7.13. The highest BCUT2D eigenvalue weighted by Gasteiger charge is 2.21. The van der Waals surface area contributed by atoms with Gasteiger partial charge in [-0.15, -0.1) is 11.3 Å². The molecule has 3 nitrogen and oxygen atoms in total. The van der Waals surface area contributed by atoms with E-state index in [-0.39, 0.29) is 12.1 Å². The fourth-order valence-corrected chi connectivity index (χ4v) is 4.05. The van der Waals surface area contributed by atoms with Crippen molar-refractivity contribution in [1.29, 1.82) is 0 Å². The average Bonchev–Trinajstić information content (AvgIpc) is 2.84. The number of thiophene rings is 1. The van der Waals surface area contributed by atoms with Gasteiger partial charge in [0.15, 0.2) is 0 Å². The number of benzene rings is 1. The van der Waals surface area contributed by atoms with Crippen molar-refractivity contribution in [2.45, 2.75) is 25.6 Å². The second kappa shape index (κ2) is 7.40. The number of hydrogen-bond donors (Lipinski definition) is 1. The minimum Gasteiger partial charge on any atom is -0.497 e. The number of likely N-dealkylation sites (N-methyl/N-ethyl adjacent to an activating group) is 1. The van der Waals surface area contributed by atoms with Gasteiger partial charge in [-0.05, 0) is 53.7 Å². The predicted octanol–water partition coefficient (Wildman–Crippen LogP) is 4.04. The van der Waals surface area contributed by atoms with Crippen LogP contribution in [0.3, 0.4) is 0 Å². The second-order valence-electron chi connectivity index (χ2n) is 5.22. The van der Waals surface area contributed by atoms with Crippen molar-refractivity contribution in [3.63, 3.8) is 0 Å². The number of hydrogen-bond acceptors (Lipinski definition) is 4. The minimum atomic E-state index is 0.0480. The number of nitrogens with zero attached hydrogens (tertiary/aromatic N) is 1. The lowest BCUT2D eigenvalue weighted by Gasteiger charge is -2.31. The molecule has 2 N–H and O–H groups in total. The quantitative estimate of drug-likeness (QED) is 0.835. The van der Waals surface area contributed by atoms with Gasteiger partial charge < -0.3 is 10.5 Å². The van der Waals surface area contributed by atoms with Gasteiger partial charge in [-0.25, -0.2) is 0 Å². The van der Waals surface area contributed by atoms with E-state index in [1.807, 2.05) is 12.1 Å². The first-order valence-corrected chi connectivity index (χ1v) is 8.51. The molecule has 2 rings (SSSR count). The Bertz CT molecular complexity index is 568. The molecule has 0 saturated heterocycles. The Balaban J connectivity index is 2.16. The van der Waals surface area contributed by atoms with Gasteiger partial charge in [0.1, 0.15) is 5.75 Å².